The second-order valence-corrected chi connectivity index (χ2v) is 13.4. The molecule has 3 rings (SSSR count). The van der Waals surface area contributed by atoms with Crippen LogP contribution in [0.25, 0.3) is 0 Å². The summed E-state index contributed by atoms with van der Waals surface area (Å²) >= 11 is -1.59. The van der Waals surface area contributed by atoms with E-state index in [2.05, 4.69) is 44.2 Å². The van der Waals surface area contributed by atoms with Gasteiger partial charge in [0.1, 0.15) is 0 Å². The monoisotopic (exact) mass is 386 g/mol. The molecule has 0 N–H and O–H groups in total. The first-order chi connectivity index (χ1) is 8.77. The summed E-state index contributed by atoms with van der Waals surface area (Å²) in [5.41, 5.74) is 3.54. The SMILES string of the molecule is C[C](C)=[Zr+2]([C]1=CC=CC1)[CH]1C=CC2=C1CCCC2.[Cl-].[Cl-]. The maximum absolute atomic E-state index is 2.57. The Balaban J connectivity index is 0.000001000. The van der Waals surface area contributed by atoms with Crippen LogP contribution in [-0.2, 0) is 21.3 Å². The van der Waals surface area contributed by atoms with E-state index >= 15 is 0 Å². The van der Waals surface area contributed by atoms with Gasteiger partial charge in [-0.2, -0.15) is 0 Å². The Kier molecular flexibility index (Phi) is 7.40. The van der Waals surface area contributed by atoms with Gasteiger partial charge < -0.3 is 24.8 Å². The summed E-state index contributed by atoms with van der Waals surface area (Å²) in [4.78, 5) is 0. The normalized spacial score (nSPS) is 22.4. The van der Waals surface area contributed by atoms with Gasteiger partial charge in [0.15, 0.2) is 0 Å². The summed E-state index contributed by atoms with van der Waals surface area (Å²) in [7, 11) is 0. The topological polar surface area (TPSA) is 0 Å². The van der Waals surface area contributed by atoms with Gasteiger partial charge in [-0.1, -0.05) is 0 Å². The fourth-order valence-corrected chi connectivity index (χ4v) is 11.5. The van der Waals surface area contributed by atoms with Gasteiger partial charge >= 0.3 is 119 Å². The largest absolute Gasteiger partial charge is 1.00 e. The van der Waals surface area contributed by atoms with E-state index in [1.807, 2.05) is 8.85 Å². The van der Waals surface area contributed by atoms with Gasteiger partial charge in [0.2, 0.25) is 0 Å². The number of hydrogen-bond acceptors (Lipinski definition) is 0. The van der Waals surface area contributed by atoms with Gasteiger partial charge in [-0.15, -0.1) is 0 Å². The molecule has 0 fully saturated rings. The third-order valence-electron chi connectivity index (χ3n) is 4.39. The van der Waals surface area contributed by atoms with E-state index in [1.165, 1.54) is 32.1 Å². The molecule has 0 aromatic heterocycles. The van der Waals surface area contributed by atoms with Gasteiger partial charge in [-0.25, -0.2) is 0 Å². The van der Waals surface area contributed by atoms with E-state index < -0.39 is 21.3 Å². The molecule has 0 radical (unpaired) electrons. The van der Waals surface area contributed by atoms with Crippen molar-refractivity contribution in [3.63, 3.8) is 0 Å². The zero-order chi connectivity index (χ0) is 12.5. The summed E-state index contributed by atoms with van der Waals surface area (Å²) in [6.45, 7) is 4.78. The molecule has 1 unspecified atom stereocenters. The Bertz CT molecular complexity index is 517. The summed E-state index contributed by atoms with van der Waals surface area (Å²) in [6.07, 6.45) is 18.9. The molecule has 0 nitrogen and oxygen atoms in total. The number of rotatable bonds is 2. The standard InChI is InChI=1S/C9H11.C5H5.C3H6.2ClH.Zr/c1-2-5-9-7-3-6-8(9)4-1;1-2-4-5-3-1;1-3-2;;;/h3,6-7H,1-2,4-5H2;1-3H,4H2;1-2H3;2*1H;/q;;;;;+2/p-2. The van der Waals surface area contributed by atoms with Crippen LogP contribution < -0.4 is 24.8 Å². The fraction of sp³-hybridized carbons (Fsp3) is 0.471. The van der Waals surface area contributed by atoms with Crippen LogP contribution in [-0.4, -0.2) is 3.21 Å². The van der Waals surface area contributed by atoms with Crippen LogP contribution in [0.2, 0.25) is 3.63 Å². The molecule has 20 heavy (non-hydrogen) atoms. The molecule has 1 atom stereocenters. The molecule has 0 heterocycles. The van der Waals surface area contributed by atoms with Crippen LogP contribution >= 0.6 is 0 Å². The molecule has 108 valence electrons. The van der Waals surface area contributed by atoms with E-state index in [0.29, 0.717) is 0 Å². The summed E-state index contributed by atoms with van der Waals surface area (Å²) in [5, 5.41) is 0. The molecule has 0 spiro atoms. The third-order valence-corrected chi connectivity index (χ3v) is 12.5. The molecule has 0 bridgehead atoms. The van der Waals surface area contributed by atoms with E-state index in [-0.39, 0.29) is 24.8 Å². The van der Waals surface area contributed by atoms with Gasteiger partial charge in [0, 0.05) is 0 Å². The molecule has 0 saturated heterocycles. The van der Waals surface area contributed by atoms with Crippen molar-refractivity contribution in [2.24, 2.45) is 0 Å². The van der Waals surface area contributed by atoms with Crippen molar-refractivity contribution in [3.8, 4) is 0 Å². The van der Waals surface area contributed by atoms with Gasteiger partial charge in [-0.05, 0) is 0 Å². The number of hydrogen-bond donors (Lipinski definition) is 0. The van der Waals surface area contributed by atoms with Crippen LogP contribution in [0.5, 0.6) is 0 Å². The fourth-order valence-electron chi connectivity index (χ4n) is 3.58. The second kappa shape index (κ2) is 8.07. The second-order valence-electron chi connectivity index (χ2n) is 5.83. The van der Waals surface area contributed by atoms with E-state index in [9.17, 15) is 0 Å². The maximum Gasteiger partial charge on any atom is -1.00 e. The van der Waals surface area contributed by atoms with Crippen molar-refractivity contribution >= 4 is 3.21 Å². The van der Waals surface area contributed by atoms with Gasteiger partial charge in [0.05, 0.1) is 0 Å². The molecule has 0 aromatic rings. The van der Waals surface area contributed by atoms with Crippen LogP contribution in [0, 0.1) is 0 Å². The van der Waals surface area contributed by atoms with Crippen molar-refractivity contribution in [2.45, 2.75) is 49.6 Å². The molecule has 0 amide bonds. The number of allylic oxidation sites excluding steroid dienone is 8. The van der Waals surface area contributed by atoms with Crippen LogP contribution in [0.4, 0.5) is 0 Å². The Labute approximate surface area is 143 Å². The zero-order valence-corrected chi connectivity index (χ0v) is 16.2. The summed E-state index contributed by atoms with van der Waals surface area (Å²) in [6, 6.07) is 0. The van der Waals surface area contributed by atoms with Crippen molar-refractivity contribution in [1.29, 1.82) is 0 Å². The number of halogens is 2. The zero-order valence-electron chi connectivity index (χ0n) is 12.3. The van der Waals surface area contributed by atoms with E-state index in [0.717, 1.165) is 3.63 Å². The van der Waals surface area contributed by atoms with Crippen molar-refractivity contribution in [3.05, 3.63) is 44.8 Å². The summed E-state index contributed by atoms with van der Waals surface area (Å²) < 4.78 is 4.44. The smallest absolute Gasteiger partial charge is 1.00 e. The molecule has 3 aliphatic carbocycles. The van der Waals surface area contributed by atoms with Crippen LogP contribution in [0.15, 0.2) is 44.8 Å². The molecule has 3 aliphatic rings. The molecular formula is C17H22Cl2Zr. The molecule has 0 saturated carbocycles. The molecule has 3 heteroatoms. The average Bonchev–Trinajstić information content (AvgIpc) is 3.00. The Hall–Kier alpha value is 0.293. The van der Waals surface area contributed by atoms with Crippen LogP contribution in [0.1, 0.15) is 46.0 Å². The van der Waals surface area contributed by atoms with E-state index in [4.69, 9.17) is 0 Å². The minimum Gasteiger partial charge on any atom is -1.00 e. The first-order valence-corrected chi connectivity index (χ1v) is 11.1. The first kappa shape index (κ1) is 18.3. The summed E-state index contributed by atoms with van der Waals surface area (Å²) in [5.74, 6) is 0. The van der Waals surface area contributed by atoms with E-state index in [1.54, 1.807) is 8.78 Å². The van der Waals surface area contributed by atoms with Crippen molar-refractivity contribution in [2.75, 3.05) is 0 Å². The van der Waals surface area contributed by atoms with Crippen molar-refractivity contribution in [1.82, 2.24) is 0 Å². The molecular weight excluding hydrogens is 366 g/mol. The van der Waals surface area contributed by atoms with Crippen LogP contribution in [0.3, 0.4) is 0 Å². The van der Waals surface area contributed by atoms with Gasteiger partial charge in [-0.3, -0.25) is 0 Å². The predicted molar refractivity (Wildman–Crippen MR) is 76.6 cm³/mol. The average molecular weight is 388 g/mol. The Morgan fingerprint density at radius 1 is 1.15 bits per heavy atom. The molecule has 0 aliphatic heterocycles. The first-order valence-electron chi connectivity index (χ1n) is 7.21. The third kappa shape index (κ3) is 3.54. The minimum absolute atomic E-state index is 0. The maximum atomic E-state index is 2.57. The minimum atomic E-state index is -1.59. The molecule has 0 aromatic carbocycles. The Morgan fingerprint density at radius 3 is 2.55 bits per heavy atom. The van der Waals surface area contributed by atoms with Gasteiger partial charge in [0.25, 0.3) is 0 Å². The quantitative estimate of drug-likeness (QED) is 0.563. The Morgan fingerprint density at radius 2 is 1.90 bits per heavy atom. The van der Waals surface area contributed by atoms with Crippen molar-refractivity contribution < 1.29 is 46.1 Å². The predicted octanol–water partition coefficient (Wildman–Crippen LogP) is -1.10.